The maximum atomic E-state index is 12.2. The first-order valence-corrected chi connectivity index (χ1v) is 9.54. The van der Waals surface area contributed by atoms with E-state index in [1.54, 1.807) is 36.4 Å². The molecule has 0 heterocycles. The van der Waals surface area contributed by atoms with Crippen molar-refractivity contribution < 1.29 is 18.0 Å². The van der Waals surface area contributed by atoms with E-state index in [9.17, 15) is 18.0 Å². The van der Waals surface area contributed by atoms with Gasteiger partial charge in [0, 0.05) is 18.3 Å². The molecule has 2 amide bonds. The zero-order valence-electron chi connectivity index (χ0n) is 14.6. The van der Waals surface area contributed by atoms with Crippen LogP contribution in [-0.2, 0) is 26.0 Å². The number of hydrogen-bond donors (Lipinski definition) is 3. The Morgan fingerprint density at radius 1 is 0.962 bits per heavy atom. The summed E-state index contributed by atoms with van der Waals surface area (Å²) in [4.78, 5) is 23.2. The average molecular weight is 375 g/mol. The molecule has 0 aliphatic heterocycles. The lowest BCUT2D eigenvalue weighted by Crippen LogP contribution is -2.32. The normalized spacial score (nSPS) is 11.0. The molecule has 0 spiro atoms. The minimum atomic E-state index is -3.76. The van der Waals surface area contributed by atoms with E-state index in [4.69, 9.17) is 0 Å². The van der Waals surface area contributed by atoms with Crippen molar-refractivity contribution in [3.63, 3.8) is 0 Å². The summed E-state index contributed by atoms with van der Waals surface area (Å²) in [5.41, 5.74) is 2.01. The molecule has 8 heteroatoms. The van der Waals surface area contributed by atoms with Crippen molar-refractivity contribution in [1.82, 2.24) is 4.72 Å². The van der Waals surface area contributed by atoms with Crippen molar-refractivity contribution in [3.05, 3.63) is 54.1 Å². The van der Waals surface area contributed by atoms with Gasteiger partial charge in [0.05, 0.1) is 11.4 Å². The topological polar surface area (TPSA) is 104 Å². The van der Waals surface area contributed by atoms with E-state index < -0.39 is 22.5 Å². The predicted octanol–water partition coefficient (Wildman–Crippen LogP) is 2.12. The van der Waals surface area contributed by atoms with Crippen molar-refractivity contribution in [3.8, 4) is 0 Å². The molecule has 26 heavy (non-hydrogen) atoms. The smallest absolute Gasteiger partial charge is 0.241 e. The van der Waals surface area contributed by atoms with Crippen LogP contribution in [0, 0.1) is 0 Å². The van der Waals surface area contributed by atoms with Crippen LogP contribution < -0.4 is 15.4 Å². The summed E-state index contributed by atoms with van der Waals surface area (Å²) in [7, 11) is -3.76. The highest BCUT2D eigenvalue weighted by Gasteiger charge is 2.15. The quantitative estimate of drug-likeness (QED) is 0.689. The highest BCUT2D eigenvalue weighted by Crippen LogP contribution is 2.15. The zero-order chi connectivity index (χ0) is 19.2. The number of nitrogens with one attached hydrogen (secondary N) is 3. The molecule has 0 aliphatic carbocycles. The van der Waals surface area contributed by atoms with Gasteiger partial charge in [-0.15, -0.1) is 0 Å². The van der Waals surface area contributed by atoms with Crippen molar-refractivity contribution >= 4 is 33.2 Å². The molecule has 138 valence electrons. The van der Waals surface area contributed by atoms with Crippen LogP contribution in [0.4, 0.5) is 11.4 Å². The number of aryl methyl sites for hydroxylation is 1. The van der Waals surface area contributed by atoms with Crippen LogP contribution in [0.5, 0.6) is 0 Å². The van der Waals surface area contributed by atoms with Gasteiger partial charge < -0.3 is 10.6 Å². The number of amides is 2. The number of carbonyl (C=O) groups is 2. The molecule has 0 atom stereocenters. The summed E-state index contributed by atoms with van der Waals surface area (Å²) < 4.78 is 26.7. The largest absolute Gasteiger partial charge is 0.326 e. The first-order valence-electron chi connectivity index (χ1n) is 8.06. The molecule has 2 aromatic rings. The van der Waals surface area contributed by atoms with Gasteiger partial charge in [-0.25, -0.2) is 13.1 Å². The van der Waals surface area contributed by atoms with Crippen LogP contribution in [0.1, 0.15) is 19.4 Å². The van der Waals surface area contributed by atoms with E-state index in [0.717, 1.165) is 12.0 Å². The van der Waals surface area contributed by atoms with Gasteiger partial charge in [-0.1, -0.05) is 25.1 Å². The second kappa shape index (κ2) is 8.59. The lowest BCUT2D eigenvalue weighted by molar-refractivity contribution is -0.115. The third-order valence-electron chi connectivity index (χ3n) is 3.53. The van der Waals surface area contributed by atoms with Gasteiger partial charge in [0.15, 0.2) is 0 Å². The fourth-order valence-corrected chi connectivity index (χ4v) is 3.21. The van der Waals surface area contributed by atoms with Crippen LogP contribution in [0.15, 0.2) is 53.4 Å². The first-order chi connectivity index (χ1) is 12.3. The van der Waals surface area contributed by atoms with Crippen molar-refractivity contribution in [2.75, 3.05) is 17.2 Å². The predicted molar refractivity (Wildman–Crippen MR) is 100 cm³/mol. The fourth-order valence-electron chi connectivity index (χ4n) is 2.23. The summed E-state index contributed by atoms with van der Waals surface area (Å²) in [6.45, 7) is 2.96. The SMILES string of the molecule is CCc1ccc(S(=O)(=O)NCC(=O)Nc2cccc(NC(C)=O)c2)cc1. The number of rotatable bonds is 7. The molecule has 0 unspecified atom stereocenters. The van der Waals surface area contributed by atoms with Gasteiger partial charge in [0.25, 0.3) is 0 Å². The Kier molecular flexibility index (Phi) is 6.48. The fraction of sp³-hybridized carbons (Fsp3) is 0.222. The van der Waals surface area contributed by atoms with E-state index in [-0.39, 0.29) is 10.8 Å². The Balaban J connectivity index is 1.96. The second-order valence-electron chi connectivity index (χ2n) is 5.63. The summed E-state index contributed by atoms with van der Waals surface area (Å²) in [5, 5.41) is 5.18. The number of sulfonamides is 1. The zero-order valence-corrected chi connectivity index (χ0v) is 15.4. The molecule has 0 fully saturated rings. The Labute approximate surface area is 152 Å². The standard InChI is InChI=1S/C18H21N3O4S/c1-3-14-7-9-17(10-8-14)26(24,25)19-12-18(23)21-16-6-4-5-15(11-16)20-13(2)22/h4-11,19H,3,12H2,1-2H3,(H,20,22)(H,21,23). The summed E-state index contributed by atoms with van der Waals surface area (Å²) in [5.74, 6) is -0.742. The highest BCUT2D eigenvalue weighted by atomic mass is 32.2. The van der Waals surface area contributed by atoms with Crippen molar-refractivity contribution in [2.24, 2.45) is 0 Å². The molecular weight excluding hydrogens is 354 g/mol. The van der Waals surface area contributed by atoms with E-state index in [0.29, 0.717) is 11.4 Å². The molecule has 0 radical (unpaired) electrons. The highest BCUT2D eigenvalue weighted by molar-refractivity contribution is 7.89. The Morgan fingerprint density at radius 3 is 2.15 bits per heavy atom. The third-order valence-corrected chi connectivity index (χ3v) is 4.95. The Bertz CT molecular complexity index is 893. The lowest BCUT2D eigenvalue weighted by atomic mass is 10.2. The lowest BCUT2D eigenvalue weighted by Gasteiger charge is -2.09. The van der Waals surface area contributed by atoms with Crippen LogP contribution in [-0.4, -0.2) is 26.8 Å². The van der Waals surface area contributed by atoms with Crippen LogP contribution in [0.3, 0.4) is 0 Å². The van der Waals surface area contributed by atoms with Gasteiger partial charge in [-0.05, 0) is 42.3 Å². The molecule has 0 aliphatic rings. The van der Waals surface area contributed by atoms with Gasteiger partial charge in [0.1, 0.15) is 0 Å². The number of carbonyl (C=O) groups excluding carboxylic acids is 2. The Hall–Kier alpha value is -2.71. The van der Waals surface area contributed by atoms with E-state index in [1.807, 2.05) is 6.92 Å². The van der Waals surface area contributed by atoms with Crippen LogP contribution in [0.2, 0.25) is 0 Å². The summed E-state index contributed by atoms with van der Waals surface area (Å²) in [6.07, 6.45) is 0.813. The average Bonchev–Trinajstić information content (AvgIpc) is 2.60. The number of benzene rings is 2. The molecule has 2 rings (SSSR count). The number of anilines is 2. The molecule has 0 bridgehead atoms. The van der Waals surface area contributed by atoms with E-state index in [2.05, 4.69) is 15.4 Å². The molecule has 2 aromatic carbocycles. The van der Waals surface area contributed by atoms with E-state index >= 15 is 0 Å². The second-order valence-corrected chi connectivity index (χ2v) is 7.40. The van der Waals surface area contributed by atoms with E-state index in [1.165, 1.54) is 19.1 Å². The molecule has 3 N–H and O–H groups in total. The molecule has 0 saturated heterocycles. The molecular formula is C18H21N3O4S. The van der Waals surface area contributed by atoms with Gasteiger partial charge >= 0.3 is 0 Å². The van der Waals surface area contributed by atoms with Crippen LogP contribution in [0.25, 0.3) is 0 Å². The maximum Gasteiger partial charge on any atom is 0.241 e. The Morgan fingerprint density at radius 2 is 1.58 bits per heavy atom. The monoisotopic (exact) mass is 375 g/mol. The van der Waals surface area contributed by atoms with Crippen molar-refractivity contribution in [1.29, 1.82) is 0 Å². The van der Waals surface area contributed by atoms with Gasteiger partial charge in [0.2, 0.25) is 21.8 Å². The van der Waals surface area contributed by atoms with Gasteiger partial charge in [-0.3, -0.25) is 9.59 Å². The number of hydrogen-bond acceptors (Lipinski definition) is 4. The third kappa shape index (κ3) is 5.68. The summed E-state index contributed by atoms with van der Waals surface area (Å²) >= 11 is 0. The minimum Gasteiger partial charge on any atom is -0.326 e. The maximum absolute atomic E-state index is 12.2. The summed E-state index contributed by atoms with van der Waals surface area (Å²) in [6, 6.07) is 13.1. The minimum absolute atomic E-state index is 0.107. The molecule has 7 nitrogen and oxygen atoms in total. The van der Waals surface area contributed by atoms with Crippen LogP contribution >= 0.6 is 0 Å². The van der Waals surface area contributed by atoms with Gasteiger partial charge in [-0.2, -0.15) is 0 Å². The van der Waals surface area contributed by atoms with Crippen molar-refractivity contribution in [2.45, 2.75) is 25.2 Å². The molecule has 0 saturated carbocycles. The molecule has 0 aromatic heterocycles. The first kappa shape index (κ1) is 19.6.